The molecule has 0 aliphatic heterocycles. The molecule has 110 valence electrons. The lowest BCUT2D eigenvalue weighted by atomic mass is 9.91. The average Bonchev–Trinajstić information content (AvgIpc) is 2.36. The molecule has 1 fully saturated rings. The SMILES string of the molecule is CC(CCC(=O)O)CNC(=O)NC1CCCCC1N. The zero-order valence-electron chi connectivity index (χ0n) is 11.5. The number of hydrogen-bond acceptors (Lipinski definition) is 3. The molecule has 0 aromatic heterocycles. The molecule has 3 atom stereocenters. The van der Waals surface area contributed by atoms with E-state index < -0.39 is 5.97 Å². The molecule has 2 amide bonds. The number of carboxylic acid groups (broad SMARTS) is 1. The Labute approximate surface area is 114 Å². The predicted molar refractivity (Wildman–Crippen MR) is 72.8 cm³/mol. The lowest BCUT2D eigenvalue weighted by Gasteiger charge is -2.29. The summed E-state index contributed by atoms with van der Waals surface area (Å²) in [6.45, 7) is 2.41. The molecular weight excluding hydrogens is 246 g/mol. The van der Waals surface area contributed by atoms with Crippen LogP contribution < -0.4 is 16.4 Å². The van der Waals surface area contributed by atoms with Gasteiger partial charge < -0.3 is 21.5 Å². The largest absolute Gasteiger partial charge is 0.481 e. The first-order chi connectivity index (χ1) is 8.99. The highest BCUT2D eigenvalue weighted by Crippen LogP contribution is 2.16. The Balaban J connectivity index is 2.18. The van der Waals surface area contributed by atoms with Crippen molar-refractivity contribution in [2.24, 2.45) is 11.7 Å². The van der Waals surface area contributed by atoms with E-state index in [-0.39, 0.29) is 30.5 Å². The van der Waals surface area contributed by atoms with Crippen LogP contribution in [0.2, 0.25) is 0 Å². The molecular formula is C13H25N3O3. The standard InChI is InChI=1S/C13H25N3O3/c1-9(6-7-12(17)18)8-15-13(19)16-11-5-3-2-4-10(11)14/h9-11H,2-8,14H2,1H3,(H,17,18)(H2,15,16,19). The average molecular weight is 271 g/mol. The molecule has 1 saturated carbocycles. The summed E-state index contributed by atoms with van der Waals surface area (Å²) in [7, 11) is 0. The molecule has 1 aliphatic carbocycles. The highest BCUT2D eigenvalue weighted by molar-refractivity contribution is 5.74. The van der Waals surface area contributed by atoms with E-state index in [1.807, 2.05) is 6.92 Å². The fourth-order valence-electron chi connectivity index (χ4n) is 2.30. The van der Waals surface area contributed by atoms with E-state index in [4.69, 9.17) is 10.8 Å². The minimum atomic E-state index is -0.801. The number of nitrogens with one attached hydrogen (secondary N) is 2. The zero-order chi connectivity index (χ0) is 14.3. The second kappa shape index (κ2) is 7.99. The van der Waals surface area contributed by atoms with Gasteiger partial charge in [0.05, 0.1) is 0 Å². The van der Waals surface area contributed by atoms with Gasteiger partial charge in [0, 0.05) is 25.0 Å². The van der Waals surface area contributed by atoms with Gasteiger partial charge in [-0.2, -0.15) is 0 Å². The van der Waals surface area contributed by atoms with E-state index in [0.29, 0.717) is 13.0 Å². The fraction of sp³-hybridized carbons (Fsp3) is 0.846. The Morgan fingerprint density at radius 2 is 2.05 bits per heavy atom. The highest BCUT2D eigenvalue weighted by Gasteiger charge is 2.23. The summed E-state index contributed by atoms with van der Waals surface area (Å²) < 4.78 is 0. The fourth-order valence-corrected chi connectivity index (χ4v) is 2.30. The van der Waals surface area contributed by atoms with E-state index in [1.165, 1.54) is 0 Å². The molecule has 6 nitrogen and oxygen atoms in total. The quantitative estimate of drug-likeness (QED) is 0.579. The maximum atomic E-state index is 11.7. The number of carbonyl (C=O) groups is 2. The number of aliphatic carboxylic acids is 1. The lowest BCUT2D eigenvalue weighted by Crippen LogP contribution is -2.52. The molecule has 3 unspecified atom stereocenters. The first-order valence-corrected chi connectivity index (χ1v) is 7.00. The zero-order valence-corrected chi connectivity index (χ0v) is 11.5. The van der Waals surface area contributed by atoms with Gasteiger partial charge in [-0.15, -0.1) is 0 Å². The van der Waals surface area contributed by atoms with Crippen LogP contribution in [0.15, 0.2) is 0 Å². The summed E-state index contributed by atoms with van der Waals surface area (Å²) in [4.78, 5) is 22.1. The van der Waals surface area contributed by atoms with Crippen molar-refractivity contribution in [1.82, 2.24) is 10.6 Å². The highest BCUT2D eigenvalue weighted by atomic mass is 16.4. The third kappa shape index (κ3) is 6.42. The number of carbonyl (C=O) groups excluding carboxylic acids is 1. The maximum absolute atomic E-state index is 11.7. The molecule has 1 aliphatic rings. The smallest absolute Gasteiger partial charge is 0.315 e. The number of carboxylic acids is 1. The van der Waals surface area contributed by atoms with Crippen molar-refractivity contribution < 1.29 is 14.7 Å². The van der Waals surface area contributed by atoms with Crippen LogP contribution in [0.4, 0.5) is 4.79 Å². The van der Waals surface area contributed by atoms with Crippen LogP contribution in [0.25, 0.3) is 0 Å². The Bertz CT molecular complexity index is 310. The molecule has 0 aromatic carbocycles. The summed E-state index contributed by atoms with van der Waals surface area (Å²) >= 11 is 0. The molecule has 0 bridgehead atoms. The molecule has 0 aromatic rings. The van der Waals surface area contributed by atoms with Gasteiger partial charge >= 0.3 is 12.0 Å². The van der Waals surface area contributed by atoms with E-state index in [2.05, 4.69) is 10.6 Å². The third-order valence-corrected chi connectivity index (χ3v) is 3.60. The Hall–Kier alpha value is -1.30. The van der Waals surface area contributed by atoms with Gasteiger partial charge in [0.15, 0.2) is 0 Å². The summed E-state index contributed by atoms with van der Waals surface area (Å²) in [5.41, 5.74) is 5.96. The number of amides is 2. The van der Waals surface area contributed by atoms with Crippen LogP contribution in [0.5, 0.6) is 0 Å². The van der Waals surface area contributed by atoms with Crippen LogP contribution in [0.1, 0.15) is 45.4 Å². The molecule has 1 rings (SSSR count). The molecule has 6 heteroatoms. The maximum Gasteiger partial charge on any atom is 0.315 e. The second-order valence-corrected chi connectivity index (χ2v) is 5.45. The minimum absolute atomic E-state index is 0.0453. The molecule has 5 N–H and O–H groups in total. The van der Waals surface area contributed by atoms with Crippen molar-refractivity contribution in [2.75, 3.05) is 6.54 Å². The number of nitrogens with two attached hydrogens (primary N) is 1. The van der Waals surface area contributed by atoms with Crippen LogP contribution in [-0.4, -0.2) is 35.7 Å². The van der Waals surface area contributed by atoms with Crippen LogP contribution in [0, 0.1) is 5.92 Å². The van der Waals surface area contributed by atoms with Gasteiger partial charge in [0.1, 0.15) is 0 Å². The van der Waals surface area contributed by atoms with Gasteiger partial charge in [-0.1, -0.05) is 19.8 Å². The molecule has 0 radical (unpaired) electrons. The van der Waals surface area contributed by atoms with Gasteiger partial charge in [0.2, 0.25) is 0 Å². The molecule has 0 saturated heterocycles. The molecule has 0 spiro atoms. The van der Waals surface area contributed by atoms with E-state index in [9.17, 15) is 9.59 Å². The lowest BCUT2D eigenvalue weighted by molar-refractivity contribution is -0.137. The molecule has 19 heavy (non-hydrogen) atoms. The first kappa shape index (κ1) is 15.8. The minimum Gasteiger partial charge on any atom is -0.481 e. The summed E-state index contributed by atoms with van der Waals surface area (Å²) in [6, 6.07) is -0.100. The van der Waals surface area contributed by atoms with Crippen LogP contribution >= 0.6 is 0 Å². The third-order valence-electron chi connectivity index (χ3n) is 3.60. The topological polar surface area (TPSA) is 104 Å². The summed E-state index contributed by atoms with van der Waals surface area (Å²) in [5, 5.41) is 14.2. The van der Waals surface area contributed by atoms with Gasteiger partial charge in [-0.3, -0.25) is 4.79 Å². The van der Waals surface area contributed by atoms with Crippen molar-refractivity contribution in [3.63, 3.8) is 0 Å². The second-order valence-electron chi connectivity index (χ2n) is 5.45. The summed E-state index contributed by atoms with van der Waals surface area (Å²) in [6.07, 6.45) is 4.83. The Morgan fingerprint density at radius 1 is 1.37 bits per heavy atom. The predicted octanol–water partition coefficient (Wildman–Crippen LogP) is 1.06. The van der Waals surface area contributed by atoms with E-state index in [0.717, 1.165) is 25.7 Å². The molecule has 0 heterocycles. The van der Waals surface area contributed by atoms with Crippen molar-refractivity contribution in [3.05, 3.63) is 0 Å². The first-order valence-electron chi connectivity index (χ1n) is 7.00. The van der Waals surface area contributed by atoms with E-state index >= 15 is 0 Å². The Kier molecular flexibility index (Phi) is 6.62. The van der Waals surface area contributed by atoms with Crippen LogP contribution in [-0.2, 0) is 4.79 Å². The number of urea groups is 1. The van der Waals surface area contributed by atoms with Gasteiger partial charge in [-0.05, 0) is 25.2 Å². The Morgan fingerprint density at radius 3 is 2.68 bits per heavy atom. The summed E-state index contributed by atoms with van der Waals surface area (Å²) in [5.74, 6) is -0.647. The number of rotatable bonds is 6. The van der Waals surface area contributed by atoms with Crippen molar-refractivity contribution in [3.8, 4) is 0 Å². The van der Waals surface area contributed by atoms with Crippen molar-refractivity contribution in [1.29, 1.82) is 0 Å². The number of hydrogen-bond donors (Lipinski definition) is 4. The van der Waals surface area contributed by atoms with Gasteiger partial charge in [0.25, 0.3) is 0 Å². The van der Waals surface area contributed by atoms with Gasteiger partial charge in [-0.25, -0.2) is 4.79 Å². The van der Waals surface area contributed by atoms with Crippen LogP contribution in [0.3, 0.4) is 0 Å². The normalized spacial score (nSPS) is 24.5. The van der Waals surface area contributed by atoms with Crippen molar-refractivity contribution in [2.45, 2.75) is 57.5 Å². The van der Waals surface area contributed by atoms with Crippen molar-refractivity contribution >= 4 is 12.0 Å². The van der Waals surface area contributed by atoms with E-state index in [1.54, 1.807) is 0 Å². The monoisotopic (exact) mass is 271 g/mol.